The summed E-state index contributed by atoms with van der Waals surface area (Å²) in [6.45, 7) is 3.78. The predicted molar refractivity (Wildman–Crippen MR) is 137 cm³/mol. The maximum absolute atomic E-state index is 14.6. The van der Waals surface area contributed by atoms with Gasteiger partial charge in [-0.2, -0.15) is 0 Å². The molecule has 0 aromatic heterocycles. The molecule has 3 aliphatic carbocycles. The average Bonchev–Trinajstić information content (AvgIpc) is 2.86. The molecular weight excluding hydrogens is 426 g/mol. The quantitative estimate of drug-likeness (QED) is 0.394. The van der Waals surface area contributed by atoms with Crippen molar-refractivity contribution in [3.8, 4) is 0 Å². The van der Waals surface area contributed by atoms with Crippen molar-refractivity contribution >= 4 is 0 Å². The van der Waals surface area contributed by atoms with E-state index in [2.05, 4.69) is 31.2 Å². The first-order valence-electron chi connectivity index (χ1n) is 14.0. The van der Waals surface area contributed by atoms with E-state index in [1.54, 1.807) is 12.1 Å². The highest BCUT2D eigenvalue weighted by Gasteiger charge is 2.29. The van der Waals surface area contributed by atoms with Crippen LogP contribution in [-0.2, 0) is 0 Å². The lowest BCUT2D eigenvalue weighted by Crippen LogP contribution is -2.23. The summed E-state index contributed by atoms with van der Waals surface area (Å²) in [7, 11) is 0. The Morgan fingerprint density at radius 1 is 0.882 bits per heavy atom. The zero-order valence-corrected chi connectivity index (χ0v) is 21.2. The average molecular weight is 471 g/mol. The summed E-state index contributed by atoms with van der Waals surface area (Å²) < 4.78 is 28.9. The van der Waals surface area contributed by atoms with Gasteiger partial charge in [-0.1, -0.05) is 69.0 Å². The molecule has 3 atom stereocenters. The van der Waals surface area contributed by atoms with Gasteiger partial charge in [0.25, 0.3) is 0 Å². The van der Waals surface area contributed by atoms with Crippen LogP contribution in [0.25, 0.3) is 0 Å². The number of aliphatic hydroxyl groups excluding tert-OH is 1. The molecule has 2 fully saturated rings. The number of hydrogen-bond donors (Lipinski definition) is 1. The number of hydrogen-bond acceptors (Lipinski definition) is 1. The minimum Gasteiger partial charge on any atom is -0.389 e. The van der Waals surface area contributed by atoms with Crippen molar-refractivity contribution in [2.24, 2.45) is 29.6 Å². The van der Waals surface area contributed by atoms with E-state index in [9.17, 15) is 13.9 Å². The van der Waals surface area contributed by atoms with Crippen molar-refractivity contribution in [1.82, 2.24) is 0 Å². The molecule has 0 aliphatic heterocycles. The zero-order chi connectivity index (χ0) is 24.1. The minimum absolute atomic E-state index is 0.0461. The first-order valence-corrected chi connectivity index (χ1v) is 14.0. The number of benzene rings is 1. The summed E-state index contributed by atoms with van der Waals surface area (Å²) in [6.07, 6.45) is 23.7. The van der Waals surface area contributed by atoms with Gasteiger partial charge in [0.15, 0.2) is 11.6 Å². The van der Waals surface area contributed by atoms with E-state index in [1.807, 2.05) is 0 Å². The molecule has 4 rings (SSSR count). The molecule has 0 heterocycles. The van der Waals surface area contributed by atoms with Crippen LogP contribution in [0, 0.1) is 41.2 Å². The van der Waals surface area contributed by atoms with Gasteiger partial charge in [0.05, 0.1) is 6.10 Å². The maximum atomic E-state index is 14.6. The first-order chi connectivity index (χ1) is 16.5. The lowest BCUT2D eigenvalue weighted by molar-refractivity contribution is 0.192. The van der Waals surface area contributed by atoms with Crippen molar-refractivity contribution in [2.75, 3.05) is 0 Å². The van der Waals surface area contributed by atoms with Crippen molar-refractivity contribution in [1.29, 1.82) is 0 Å². The largest absolute Gasteiger partial charge is 0.389 e. The van der Waals surface area contributed by atoms with Gasteiger partial charge in [0, 0.05) is 5.56 Å². The molecule has 188 valence electrons. The molecule has 3 aliphatic rings. The zero-order valence-electron chi connectivity index (χ0n) is 21.2. The van der Waals surface area contributed by atoms with E-state index in [4.69, 9.17) is 0 Å². The van der Waals surface area contributed by atoms with Gasteiger partial charge in [-0.15, -0.1) is 0 Å². The maximum Gasteiger partial charge on any atom is 0.164 e. The third kappa shape index (κ3) is 6.20. The van der Waals surface area contributed by atoms with E-state index >= 15 is 0 Å². The molecule has 0 spiro atoms. The molecule has 3 heteroatoms. The topological polar surface area (TPSA) is 20.2 Å². The molecule has 0 radical (unpaired) electrons. The van der Waals surface area contributed by atoms with Gasteiger partial charge in [0.1, 0.15) is 0 Å². The summed E-state index contributed by atoms with van der Waals surface area (Å²) in [5.74, 6) is 2.21. The van der Waals surface area contributed by atoms with Crippen LogP contribution in [0.4, 0.5) is 8.78 Å². The smallest absolute Gasteiger partial charge is 0.164 e. The second-order valence-corrected chi connectivity index (χ2v) is 11.4. The third-order valence-electron chi connectivity index (χ3n) is 9.07. The third-order valence-corrected chi connectivity index (χ3v) is 9.07. The van der Waals surface area contributed by atoms with Gasteiger partial charge < -0.3 is 5.11 Å². The predicted octanol–water partition coefficient (Wildman–Crippen LogP) is 9.04. The Balaban J connectivity index is 1.24. The number of aliphatic hydroxyl groups is 1. The fraction of sp³-hybridized carbons (Fsp3) is 0.677. The lowest BCUT2D eigenvalue weighted by Gasteiger charge is -2.34. The first kappa shape index (κ1) is 25.6. The Hall–Kier alpha value is -1.48. The van der Waals surface area contributed by atoms with Gasteiger partial charge in [-0.3, -0.25) is 0 Å². The van der Waals surface area contributed by atoms with Crippen molar-refractivity contribution in [3.05, 3.63) is 59.2 Å². The highest BCUT2D eigenvalue weighted by atomic mass is 19.2. The Kier molecular flexibility index (Phi) is 9.02. The SMILES string of the molecule is CCCC1CCC(C2C=CC(/C=C/C3CCC(c4ccc(C(C)O)c(F)c4F)CC3)CC2)CC1. The van der Waals surface area contributed by atoms with Crippen LogP contribution in [0.15, 0.2) is 36.4 Å². The lowest BCUT2D eigenvalue weighted by atomic mass is 9.71. The second-order valence-electron chi connectivity index (χ2n) is 11.4. The number of rotatable bonds is 7. The molecule has 1 aromatic rings. The Labute approximate surface area is 205 Å². The van der Waals surface area contributed by atoms with Crippen LogP contribution in [0.1, 0.15) is 114 Å². The molecular formula is C31H44F2O. The summed E-state index contributed by atoms with van der Waals surface area (Å²) >= 11 is 0. The minimum atomic E-state index is -0.991. The van der Waals surface area contributed by atoms with E-state index < -0.39 is 17.7 Å². The molecule has 3 unspecified atom stereocenters. The van der Waals surface area contributed by atoms with E-state index in [0.717, 1.165) is 43.4 Å². The van der Waals surface area contributed by atoms with Crippen molar-refractivity contribution < 1.29 is 13.9 Å². The molecule has 1 aromatic carbocycles. The highest BCUT2D eigenvalue weighted by Crippen LogP contribution is 2.41. The summed E-state index contributed by atoms with van der Waals surface area (Å²) in [4.78, 5) is 0. The van der Waals surface area contributed by atoms with Crippen LogP contribution in [0.5, 0.6) is 0 Å². The highest BCUT2D eigenvalue weighted by molar-refractivity contribution is 5.30. The Bertz CT molecular complexity index is 841. The van der Waals surface area contributed by atoms with E-state index in [-0.39, 0.29) is 11.5 Å². The number of halogens is 2. The molecule has 2 saturated carbocycles. The van der Waals surface area contributed by atoms with Gasteiger partial charge in [-0.25, -0.2) is 8.78 Å². The standard InChI is InChI=1S/C31H44F2O/c1-3-4-22-7-13-25(14-8-22)26-15-9-23(10-16-26)5-6-24-11-17-27(18-12-24)29-20-19-28(21(2)34)30(32)31(29)33/h5-6,9,15,19-27,34H,3-4,7-8,10-14,16-18H2,1-2H3/b6-5+. The summed E-state index contributed by atoms with van der Waals surface area (Å²) in [5.41, 5.74) is 0.527. The summed E-state index contributed by atoms with van der Waals surface area (Å²) in [5, 5.41) is 9.62. The van der Waals surface area contributed by atoms with Gasteiger partial charge in [0.2, 0.25) is 0 Å². The molecule has 0 saturated heterocycles. The molecule has 1 N–H and O–H groups in total. The fourth-order valence-corrected chi connectivity index (χ4v) is 6.87. The van der Waals surface area contributed by atoms with Crippen LogP contribution in [-0.4, -0.2) is 5.11 Å². The van der Waals surface area contributed by atoms with Crippen molar-refractivity contribution in [2.45, 2.75) is 103 Å². The molecule has 0 amide bonds. The summed E-state index contributed by atoms with van der Waals surface area (Å²) in [6, 6.07) is 3.23. The van der Waals surface area contributed by atoms with Crippen molar-refractivity contribution in [3.63, 3.8) is 0 Å². The number of allylic oxidation sites excluding steroid dienone is 4. The van der Waals surface area contributed by atoms with E-state index in [0.29, 0.717) is 17.4 Å². The van der Waals surface area contributed by atoms with Crippen LogP contribution in [0.3, 0.4) is 0 Å². The fourth-order valence-electron chi connectivity index (χ4n) is 6.87. The van der Waals surface area contributed by atoms with Crippen LogP contribution >= 0.6 is 0 Å². The van der Waals surface area contributed by atoms with Crippen LogP contribution < -0.4 is 0 Å². The molecule has 0 bridgehead atoms. The Morgan fingerprint density at radius 3 is 2.24 bits per heavy atom. The van der Waals surface area contributed by atoms with E-state index in [1.165, 1.54) is 58.3 Å². The Morgan fingerprint density at radius 2 is 1.62 bits per heavy atom. The normalized spacial score (nSPS) is 33.3. The molecule has 1 nitrogen and oxygen atoms in total. The van der Waals surface area contributed by atoms with Crippen LogP contribution in [0.2, 0.25) is 0 Å². The molecule has 34 heavy (non-hydrogen) atoms. The van der Waals surface area contributed by atoms with Gasteiger partial charge in [-0.05, 0) is 99.4 Å². The van der Waals surface area contributed by atoms with Gasteiger partial charge >= 0.3 is 0 Å². The second kappa shape index (κ2) is 12.0. The monoisotopic (exact) mass is 470 g/mol.